The molecule has 0 atom stereocenters. The lowest BCUT2D eigenvalue weighted by atomic mass is 10.1. The van der Waals surface area contributed by atoms with Gasteiger partial charge in [0.05, 0.1) is 13.2 Å². The molecule has 0 heterocycles. The van der Waals surface area contributed by atoms with E-state index in [-0.39, 0.29) is 12.4 Å². The summed E-state index contributed by atoms with van der Waals surface area (Å²) in [5.41, 5.74) is 1.53. The van der Waals surface area contributed by atoms with Crippen LogP contribution in [-0.2, 0) is 22.6 Å². The predicted molar refractivity (Wildman–Crippen MR) is 95.6 cm³/mol. The van der Waals surface area contributed by atoms with Gasteiger partial charge in [0.25, 0.3) is 0 Å². The molecule has 1 rings (SSSR count). The number of halogens is 1. The highest BCUT2D eigenvalue weighted by atomic mass is 19.1. The number of benzene rings is 1. The van der Waals surface area contributed by atoms with E-state index in [0.717, 1.165) is 18.6 Å². The van der Waals surface area contributed by atoms with Crippen LogP contribution in [0.25, 0.3) is 0 Å². The standard InChI is InChI=1S/C18H30FN3O2/c1-14(2)7-9-24-10-8-21-18(20-3)22-12-15-5-6-17(19)16(11-15)13-23-4/h5-6,11,14H,7-10,12-13H2,1-4H3,(H2,20,21,22). The van der Waals surface area contributed by atoms with Crippen molar-refractivity contribution in [2.75, 3.05) is 33.9 Å². The summed E-state index contributed by atoms with van der Waals surface area (Å²) < 4.78 is 24.1. The third kappa shape index (κ3) is 8.26. The van der Waals surface area contributed by atoms with Gasteiger partial charge in [0.2, 0.25) is 0 Å². The first kappa shape index (κ1) is 20.4. The van der Waals surface area contributed by atoms with Crippen LogP contribution in [0.15, 0.2) is 23.2 Å². The van der Waals surface area contributed by atoms with E-state index < -0.39 is 0 Å². The summed E-state index contributed by atoms with van der Waals surface area (Å²) in [6.45, 7) is 7.30. The van der Waals surface area contributed by atoms with Gasteiger partial charge < -0.3 is 20.1 Å². The molecule has 0 bridgehead atoms. The SMILES string of the molecule is CN=C(NCCOCCC(C)C)NCc1ccc(F)c(COC)c1. The Hall–Kier alpha value is -1.66. The molecule has 6 heteroatoms. The lowest BCUT2D eigenvalue weighted by Crippen LogP contribution is -2.38. The fraction of sp³-hybridized carbons (Fsp3) is 0.611. The van der Waals surface area contributed by atoms with Gasteiger partial charge in [-0.1, -0.05) is 19.9 Å². The molecule has 0 fully saturated rings. The molecule has 0 aliphatic carbocycles. The Labute approximate surface area is 144 Å². The molecule has 0 aliphatic rings. The molecular weight excluding hydrogens is 309 g/mol. The van der Waals surface area contributed by atoms with Crippen LogP contribution in [0, 0.1) is 11.7 Å². The van der Waals surface area contributed by atoms with Crippen LogP contribution >= 0.6 is 0 Å². The molecule has 24 heavy (non-hydrogen) atoms. The molecule has 0 spiro atoms. The van der Waals surface area contributed by atoms with Gasteiger partial charge >= 0.3 is 0 Å². The van der Waals surface area contributed by atoms with Crippen LogP contribution in [-0.4, -0.2) is 39.9 Å². The summed E-state index contributed by atoms with van der Waals surface area (Å²) in [6.07, 6.45) is 1.07. The van der Waals surface area contributed by atoms with Gasteiger partial charge in [-0.25, -0.2) is 4.39 Å². The number of hydrogen-bond acceptors (Lipinski definition) is 3. The van der Waals surface area contributed by atoms with Crippen molar-refractivity contribution in [2.24, 2.45) is 10.9 Å². The highest BCUT2D eigenvalue weighted by Crippen LogP contribution is 2.11. The number of nitrogens with one attached hydrogen (secondary N) is 2. The summed E-state index contributed by atoms with van der Waals surface area (Å²) in [4.78, 5) is 4.17. The third-order valence-corrected chi connectivity index (χ3v) is 3.47. The third-order valence-electron chi connectivity index (χ3n) is 3.47. The number of hydrogen-bond donors (Lipinski definition) is 2. The minimum atomic E-state index is -0.248. The second kappa shape index (κ2) is 11.8. The largest absolute Gasteiger partial charge is 0.380 e. The lowest BCUT2D eigenvalue weighted by molar-refractivity contribution is 0.128. The van der Waals surface area contributed by atoms with E-state index in [0.29, 0.717) is 37.1 Å². The van der Waals surface area contributed by atoms with Crippen molar-refractivity contribution < 1.29 is 13.9 Å². The van der Waals surface area contributed by atoms with Crippen molar-refractivity contribution >= 4 is 5.96 Å². The number of methoxy groups -OCH3 is 1. The van der Waals surface area contributed by atoms with Crippen molar-refractivity contribution in [1.29, 1.82) is 0 Å². The van der Waals surface area contributed by atoms with Gasteiger partial charge in [0.1, 0.15) is 5.82 Å². The molecule has 1 aromatic rings. The second-order valence-electron chi connectivity index (χ2n) is 6.01. The Morgan fingerprint density at radius 3 is 2.71 bits per heavy atom. The average molecular weight is 339 g/mol. The second-order valence-corrected chi connectivity index (χ2v) is 6.01. The van der Waals surface area contributed by atoms with Crippen LogP contribution in [0.5, 0.6) is 0 Å². The molecule has 136 valence electrons. The van der Waals surface area contributed by atoms with E-state index in [9.17, 15) is 4.39 Å². The summed E-state index contributed by atoms with van der Waals surface area (Å²) in [7, 11) is 3.27. The first-order valence-electron chi connectivity index (χ1n) is 8.35. The Balaban J connectivity index is 2.32. The van der Waals surface area contributed by atoms with Gasteiger partial charge in [0, 0.05) is 39.4 Å². The maximum atomic E-state index is 13.6. The fourth-order valence-corrected chi connectivity index (χ4v) is 2.07. The fourth-order valence-electron chi connectivity index (χ4n) is 2.07. The molecule has 0 radical (unpaired) electrons. The van der Waals surface area contributed by atoms with Crippen LogP contribution in [0.4, 0.5) is 4.39 Å². The van der Waals surface area contributed by atoms with E-state index in [1.807, 2.05) is 0 Å². The lowest BCUT2D eigenvalue weighted by Gasteiger charge is -2.13. The van der Waals surface area contributed by atoms with E-state index in [4.69, 9.17) is 9.47 Å². The van der Waals surface area contributed by atoms with Crippen molar-refractivity contribution in [1.82, 2.24) is 10.6 Å². The summed E-state index contributed by atoms with van der Waals surface area (Å²) in [6, 6.07) is 5.02. The Kier molecular flexibility index (Phi) is 10.0. The molecule has 0 aliphatic heterocycles. The van der Waals surface area contributed by atoms with E-state index >= 15 is 0 Å². The minimum absolute atomic E-state index is 0.248. The molecule has 1 aromatic carbocycles. The maximum absolute atomic E-state index is 13.6. The van der Waals surface area contributed by atoms with E-state index in [2.05, 4.69) is 29.5 Å². The maximum Gasteiger partial charge on any atom is 0.191 e. The van der Waals surface area contributed by atoms with Crippen LogP contribution < -0.4 is 10.6 Å². The highest BCUT2D eigenvalue weighted by molar-refractivity contribution is 5.79. The summed E-state index contributed by atoms with van der Waals surface area (Å²) in [5.74, 6) is 1.10. The quantitative estimate of drug-likeness (QED) is 0.391. The summed E-state index contributed by atoms with van der Waals surface area (Å²) >= 11 is 0. The van der Waals surface area contributed by atoms with E-state index in [1.54, 1.807) is 26.3 Å². The van der Waals surface area contributed by atoms with Gasteiger partial charge in [-0.15, -0.1) is 0 Å². The first-order chi connectivity index (χ1) is 11.6. The first-order valence-corrected chi connectivity index (χ1v) is 8.35. The molecule has 2 N–H and O–H groups in total. The molecule has 5 nitrogen and oxygen atoms in total. The molecule has 0 unspecified atom stereocenters. The van der Waals surface area contributed by atoms with Gasteiger partial charge in [-0.2, -0.15) is 0 Å². The van der Waals surface area contributed by atoms with Crippen molar-refractivity contribution in [2.45, 2.75) is 33.4 Å². The molecular formula is C18H30FN3O2. The summed E-state index contributed by atoms with van der Waals surface area (Å²) in [5, 5.41) is 6.40. The van der Waals surface area contributed by atoms with Gasteiger partial charge in [-0.05, 0) is 30.0 Å². The number of ether oxygens (including phenoxy) is 2. The topological polar surface area (TPSA) is 54.9 Å². The highest BCUT2D eigenvalue weighted by Gasteiger charge is 2.04. The zero-order valence-electron chi connectivity index (χ0n) is 15.2. The Bertz CT molecular complexity index is 507. The normalized spacial score (nSPS) is 11.8. The Morgan fingerprint density at radius 1 is 1.25 bits per heavy atom. The molecule has 0 amide bonds. The van der Waals surface area contributed by atoms with Gasteiger partial charge in [-0.3, -0.25) is 4.99 Å². The zero-order valence-corrected chi connectivity index (χ0v) is 15.2. The predicted octanol–water partition coefficient (Wildman–Crippen LogP) is 2.70. The smallest absolute Gasteiger partial charge is 0.191 e. The Morgan fingerprint density at radius 2 is 2.04 bits per heavy atom. The van der Waals surface area contributed by atoms with Crippen molar-refractivity contribution in [3.8, 4) is 0 Å². The average Bonchev–Trinajstić information content (AvgIpc) is 2.56. The monoisotopic (exact) mass is 339 g/mol. The van der Waals surface area contributed by atoms with Crippen molar-refractivity contribution in [3.05, 3.63) is 35.1 Å². The van der Waals surface area contributed by atoms with Crippen LogP contribution in [0.2, 0.25) is 0 Å². The van der Waals surface area contributed by atoms with Crippen LogP contribution in [0.1, 0.15) is 31.4 Å². The molecule has 0 aromatic heterocycles. The number of rotatable bonds is 10. The molecule has 0 saturated heterocycles. The number of guanidine groups is 1. The number of aliphatic imine (C=N–C) groups is 1. The van der Waals surface area contributed by atoms with Crippen molar-refractivity contribution in [3.63, 3.8) is 0 Å². The van der Waals surface area contributed by atoms with Crippen LogP contribution in [0.3, 0.4) is 0 Å². The minimum Gasteiger partial charge on any atom is -0.380 e. The van der Waals surface area contributed by atoms with Gasteiger partial charge in [0.15, 0.2) is 5.96 Å². The zero-order chi connectivity index (χ0) is 17.8. The molecule has 0 saturated carbocycles. The number of nitrogens with zero attached hydrogens (tertiary/aromatic N) is 1. The van der Waals surface area contributed by atoms with E-state index in [1.165, 1.54) is 6.07 Å².